The molecule has 1 atom stereocenters. The topological polar surface area (TPSA) is 0 Å². The molecule has 0 N–H and O–H groups in total. The molecule has 0 saturated heterocycles. The van der Waals surface area contributed by atoms with E-state index in [0.29, 0.717) is 16.5 Å². The maximum absolute atomic E-state index is 12.8. The molecule has 0 heterocycles. The van der Waals surface area contributed by atoms with E-state index in [4.69, 9.17) is 11.6 Å². The summed E-state index contributed by atoms with van der Waals surface area (Å²) in [5.41, 5.74) is 0.695. The lowest BCUT2D eigenvalue weighted by molar-refractivity contribution is -0.137. The normalized spacial score (nSPS) is 13.2. The van der Waals surface area contributed by atoms with Crippen LogP contribution in [0.4, 0.5) is 13.2 Å². The molecule has 0 nitrogen and oxygen atoms in total. The Labute approximate surface area is 142 Å². The first kappa shape index (κ1) is 16.8. The Balaban J connectivity index is 2.28. The van der Waals surface area contributed by atoms with Crippen LogP contribution in [0.5, 0.6) is 0 Å². The number of hydrogen-bond donors (Lipinski definition) is 0. The van der Waals surface area contributed by atoms with Crippen LogP contribution in [-0.2, 0) is 12.6 Å². The summed E-state index contributed by atoms with van der Waals surface area (Å²) in [6.45, 7) is 0. The maximum Gasteiger partial charge on any atom is 0.416 e. The molecule has 0 aromatic heterocycles. The van der Waals surface area contributed by atoms with Crippen molar-refractivity contribution >= 4 is 43.5 Å². The summed E-state index contributed by atoms with van der Waals surface area (Å²) < 4.78 is 39.8. The van der Waals surface area contributed by atoms with Gasteiger partial charge >= 0.3 is 6.18 Å². The molecule has 2 aromatic rings. The Morgan fingerprint density at radius 2 is 1.76 bits per heavy atom. The summed E-state index contributed by atoms with van der Waals surface area (Å²) in [5, 5.41) is -0.545. The van der Waals surface area contributed by atoms with Crippen molar-refractivity contribution in [1.82, 2.24) is 0 Å². The molecule has 6 heteroatoms. The molecular weight excluding hydrogens is 432 g/mol. The first-order valence-electron chi connectivity index (χ1n) is 6.02. The summed E-state index contributed by atoms with van der Waals surface area (Å²) in [5.74, 6) is 0. The van der Waals surface area contributed by atoms with Gasteiger partial charge < -0.3 is 0 Å². The molecule has 112 valence electrons. The van der Waals surface area contributed by atoms with Gasteiger partial charge in [-0.25, -0.2) is 0 Å². The van der Waals surface area contributed by atoms with E-state index in [1.807, 2.05) is 24.3 Å². The van der Waals surface area contributed by atoms with E-state index in [1.54, 1.807) is 0 Å². The Kier molecular flexibility index (Phi) is 5.38. The van der Waals surface area contributed by atoms with Gasteiger partial charge in [-0.05, 0) is 47.9 Å². The molecule has 0 fully saturated rings. The second-order valence-corrected chi connectivity index (χ2v) is 6.83. The third kappa shape index (κ3) is 4.47. The second-order valence-electron chi connectivity index (χ2n) is 4.54. The van der Waals surface area contributed by atoms with Gasteiger partial charge in [0.2, 0.25) is 0 Å². The van der Waals surface area contributed by atoms with Crippen molar-refractivity contribution in [3.63, 3.8) is 0 Å². The van der Waals surface area contributed by atoms with Crippen LogP contribution in [0, 0.1) is 0 Å². The largest absolute Gasteiger partial charge is 0.416 e. The average molecular weight is 443 g/mol. The lowest BCUT2D eigenvalue weighted by Gasteiger charge is -2.15. The third-order valence-electron chi connectivity index (χ3n) is 2.96. The van der Waals surface area contributed by atoms with Crippen molar-refractivity contribution < 1.29 is 13.2 Å². The predicted molar refractivity (Wildman–Crippen MR) is 85.6 cm³/mol. The number of halogens is 6. The van der Waals surface area contributed by atoms with Crippen LogP contribution >= 0.6 is 43.5 Å². The highest BCUT2D eigenvalue weighted by atomic mass is 79.9. The number of alkyl halides is 4. The molecule has 2 rings (SSSR count). The van der Waals surface area contributed by atoms with Crippen LogP contribution in [-0.4, -0.2) is 0 Å². The van der Waals surface area contributed by atoms with E-state index in [0.717, 1.165) is 22.2 Å². The zero-order valence-corrected chi connectivity index (χ0v) is 14.5. The molecule has 1 unspecified atom stereocenters. The van der Waals surface area contributed by atoms with Crippen LogP contribution in [0.3, 0.4) is 0 Å². The molecule has 0 saturated carbocycles. The predicted octanol–water partition coefficient (Wildman–Crippen LogP) is 6.75. The van der Waals surface area contributed by atoms with E-state index >= 15 is 0 Å². The lowest BCUT2D eigenvalue weighted by atomic mass is 10.0. The van der Waals surface area contributed by atoms with Gasteiger partial charge in [-0.15, -0.1) is 11.6 Å². The highest BCUT2D eigenvalue weighted by molar-refractivity contribution is 9.10. The minimum absolute atomic E-state index is 0.437. The molecule has 0 aliphatic carbocycles. The van der Waals surface area contributed by atoms with Gasteiger partial charge in [-0.3, -0.25) is 0 Å². The van der Waals surface area contributed by atoms with Crippen LogP contribution < -0.4 is 0 Å². The Morgan fingerprint density at radius 1 is 1.05 bits per heavy atom. The molecule has 0 spiro atoms. The fourth-order valence-electron chi connectivity index (χ4n) is 1.94. The van der Waals surface area contributed by atoms with Gasteiger partial charge in [0, 0.05) is 8.95 Å². The third-order valence-corrected chi connectivity index (χ3v) is 4.57. The van der Waals surface area contributed by atoms with Crippen LogP contribution in [0.15, 0.2) is 51.4 Å². The second kappa shape index (κ2) is 6.71. The highest BCUT2D eigenvalue weighted by Crippen LogP contribution is 2.37. The number of benzene rings is 2. The van der Waals surface area contributed by atoms with Crippen molar-refractivity contribution in [2.75, 3.05) is 0 Å². The molecule has 0 aliphatic heterocycles. The Hall–Kier alpha value is -0.520. The molecule has 0 amide bonds. The minimum Gasteiger partial charge on any atom is -0.166 e. The summed E-state index contributed by atoms with van der Waals surface area (Å²) in [6, 6.07) is 11.1. The van der Waals surface area contributed by atoms with Gasteiger partial charge in [-0.2, -0.15) is 13.2 Å². The average Bonchev–Trinajstić information content (AvgIpc) is 2.37. The minimum atomic E-state index is -4.37. The molecule has 0 bridgehead atoms. The number of hydrogen-bond acceptors (Lipinski definition) is 0. The van der Waals surface area contributed by atoms with Crippen LogP contribution in [0.25, 0.3) is 0 Å². The SMILES string of the molecule is FC(F)(F)c1ccc(Br)c(C(Cl)Cc2cccc(Br)c2)c1. The van der Waals surface area contributed by atoms with E-state index in [1.165, 1.54) is 6.07 Å². The Morgan fingerprint density at radius 3 is 2.38 bits per heavy atom. The van der Waals surface area contributed by atoms with Crippen molar-refractivity contribution in [3.8, 4) is 0 Å². The fraction of sp³-hybridized carbons (Fsp3) is 0.200. The Bertz CT molecular complexity index is 641. The van der Waals surface area contributed by atoms with Crippen molar-refractivity contribution in [1.29, 1.82) is 0 Å². The number of rotatable bonds is 3. The van der Waals surface area contributed by atoms with Crippen LogP contribution in [0.1, 0.15) is 22.1 Å². The van der Waals surface area contributed by atoms with Gasteiger partial charge in [-0.1, -0.05) is 44.0 Å². The molecule has 0 aliphatic rings. The zero-order chi connectivity index (χ0) is 15.6. The van der Waals surface area contributed by atoms with Gasteiger partial charge in [0.25, 0.3) is 0 Å². The summed E-state index contributed by atoms with van der Waals surface area (Å²) >= 11 is 12.9. The first-order valence-corrected chi connectivity index (χ1v) is 8.05. The van der Waals surface area contributed by atoms with Crippen molar-refractivity contribution in [3.05, 3.63) is 68.1 Å². The molecule has 2 aromatic carbocycles. The fourth-order valence-corrected chi connectivity index (χ4v) is 3.40. The van der Waals surface area contributed by atoms with E-state index in [9.17, 15) is 13.2 Å². The smallest absolute Gasteiger partial charge is 0.166 e. The van der Waals surface area contributed by atoms with E-state index in [-0.39, 0.29) is 0 Å². The van der Waals surface area contributed by atoms with E-state index < -0.39 is 17.1 Å². The van der Waals surface area contributed by atoms with Crippen molar-refractivity contribution in [2.45, 2.75) is 18.0 Å². The van der Waals surface area contributed by atoms with Gasteiger partial charge in [0.05, 0.1) is 10.9 Å². The summed E-state index contributed by atoms with van der Waals surface area (Å²) in [6.07, 6.45) is -3.93. The summed E-state index contributed by atoms with van der Waals surface area (Å²) in [7, 11) is 0. The standard InChI is InChI=1S/C15H10Br2ClF3/c16-11-3-1-2-9(6-11)7-14(18)12-8-10(15(19,20)21)4-5-13(12)17/h1-6,8,14H,7H2. The monoisotopic (exact) mass is 440 g/mol. The summed E-state index contributed by atoms with van der Waals surface area (Å²) in [4.78, 5) is 0. The van der Waals surface area contributed by atoms with Gasteiger partial charge in [0.1, 0.15) is 0 Å². The molecule has 21 heavy (non-hydrogen) atoms. The van der Waals surface area contributed by atoms with Gasteiger partial charge in [0.15, 0.2) is 0 Å². The van der Waals surface area contributed by atoms with E-state index in [2.05, 4.69) is 31.9 Å². The van der Waals surface area contributed by atoms with Crippen molar-refractivity contribution in [2.24, 2.45) is 0 Å². The molecule has 0 radical (unpaired) electrons. The first-order chi connectivity index (χ1) is 9.77. The lowest BCUT2D eigenvalue weighted by Crippen LogP contribution is -2.07. The molecular formula is C15H10Br2ClF3. The van der Waals surface area contributed by atoms with Crippen LogP contribution in [0.2, 0.25) is 0 Å². The quantitative estimate of drug-likeness (QED) is 0.461. The zero-order valence-electron chi connectivity index (χ0n) is 10.6. The highest BCUT2D eigenvalue weighted by Gasteiger charge is 2.31. The maximum atomic E-state index is 12.8.